The molecule has 1 amide bonds. The number of hydrogen-bond donors (Lipinski definition) is 1. The van der Waals surface area contributed by atoms with Gasteiger partial charge in [-0.25, -0.2) is 9.97 Å². The Morgan fingerprint density at radius 3 is 2.96 bits per heavy atom. The van der Waals surface area contributed by atoms with Crippen molar-refractivity contribution in [2.45, 2.75) is 24.5 Å². The van der Waals surface area contributed by atoms with Crippen LogP contribution in [0, 0.1) is 12.8 Å². The van der Waals surface area contributed by atoms with Crippen molar-refractivity contribution in [3.8, 4) is 0 Å². The summed E-state index contributed by atoms with van der Waals surface area (Å²) in [5.41, 5.74) is 0.860. The lowest BCUT2D eigenvalue weighted by atomic mass is 9.98. The fraction of sp³-hybridized carbons (Fsp3) is 0.467. The molecule has 2 aromatic rings. The first-order chi connectivity index (χ1) is 11.2. The van der Waals surface area contributed by atoms with Gasteiger partial charge in [0, 0.05) is 30.8 Å². The standard InChI is InChI=1S/C15H18N4O3S/c1-10-5-12(22-19-10)6-11-7-21-8-13(11)18-14(20)9-23-15-16-3-2-4-17-15/h2-5,11,13H,6-9H2,1H3,(H,18,20)/t11-,13+/m1/s1. The second-order valence-electron chi connectivity index (χ2n) is 5.43. The van der Waals surface area contributed by atoms with Crippen molar-refractivity contribution in [3.63, 3.8) is 0 Å². The number of amides is 1. The van der Waals surface area contributed by atoms with Gasteiger partial charge in [-0.05, 0) is 13.0 Å². The molecule has 0 bridgehead atoms. The molecule has 0 radical (unpaired) electrons. The van der Waals surface area contributed by atoms with Gasteiger partial charge in [0.15, 0.2) is 5.16 Å². The number of nitrogens with one attached hydrogen (secondary N) is 1. The summed E-state index contributed by atoms with van der Waals surface area (Å²) in [6.45, 7) is 3.02. The minimum Gasteiger partial charge on any atom is -0.379 e. The summed E-state index contributed by atoms with van der Waals surface area (Å²) in [7, 11) is 0. The number of thioether (sulfide) groups is 1. The second kappa shape index (κ2) is 7.56. The third-order valence-electron chi connectivity index (χ3n) is 3.56. The summed E-state index contributed by atoms with van der Waals surface area (Å²) >= 11 is 1.32. The molecule has 0 spiro atoms. The Hall–Kier alpha value is -1.93. The van der Waals surface area contributed by atoms with Gasteiger partial charge in [0.25, 0.3) is 0 Å². The van der Waals surface area contributed by atoms with Crippen LogP contribution in [0.15, 0.2) is 34.2 Å². The van der Waals surface area contributed by atoms with Crippen molar-refractivity contribution in [3.05, 3.63) is 36.0 Å². The Morgan fingerprint density at radius 2 is 2.22 bits per heavy atom. The Balaban J connectivity index is 1.49. The molecule has 1 saturated heterocycles. The van der Waals surface area contributed by atoms with Crippen LogP contribution < -0.4 is 5.32 Å². The number of carbonyl (C=O) groups is 1. The second-order valence-corrected chi connectivity index (χ2v) is 6.37. The predicted molar refractivity (Wildman–Crippen MR) is 83.9 cm³/mol. The molecular weight excluding hydrogens is 316 g/mol. The van der Waals surface area contributed by atoms with E-state index in [1.54, 1.807) is 18.5 Å². The maximum Gasteiger partial charge on any atom is 0.230 e. The topological polar surface area (TPSA) is 90.1 Å². The number of aromatic nitrogens is 3. The van der Waals surface area contributed by atoms with E-state index < -0.39 is 0 Å². The molecule has 7 nitrogen and oxygen atoms in total. The number of ether oxygens (including phenoxy) is 1. The van der Waals surface area contributed by atoms with Crippen molar-refractivity contribution >= 4 is 17.7 Å². The minimum absolute atomic E-state index is 0.00908. The van der Waals surface area contributed by atoms with Gasteiger partial charge < -0.3 is 14.6 Å². The SMILES string of the molecule is Cc1cc(C[C@@H]2COC[C@@H]2NC(=O)CSc2ncccn2)on1. The maximum atomic E-state index is 12.1. The van der Waals surface area contributed by atoms with Crippen LogP contribution in [0.1, 0.15) is 11.5 Å². The summed E-state index contributed by atoms with van der Waals surface area (Å²) in [5, 5.41) is 7.51. The van der Waals surface area contributed by atoms with Crippen LogP contribution in [0.3, 0.4) is 0 Å². The number of hydrogen-bond acceptors (Lipinski definition) is 7. The lowest BCUT2D eigenvalue weighted by Gasteiger charge is -2.17. The minimum atomic E-state index is -0.0447. The van der Waals surface area contributed by atoms with E-state index in [0.717, 1.165) is 11.5 Å². The van der Waals surface area contributed by atoms with E-state index in [2.05, 4.69) is 20.4 Å². The fourth-order valence-electron chi connectivity index (χ4n) is 2.47. The van der Waals surface area contributed by atoms with E-state index in [-0.39, 0.29) is 23.6 Å². The van der Waals surface area contributed by atoms with Gasteiger partial charge in [-0.1, -0.05) is 16.9 Å². The smallest absolute Gasteiger partial charge is 0.230 e. The summed E-state index contributed by atoms with van der Waals surface area (Å²) in [6.07, 6.45) is 4.03. The van der Waals surface area contributed by atoms with Crippen molar-refractivity contribution in [2.75, 3.05) is 19.0 Å². The van der Waals surface area contributed by atoms with Crippen molar-refractivity contribution < 1.29 is 14.1 Å². The summed E-state index contributed by atoms with van der Waals surface area (Å²) < 4.78 is 10.8. The number of carbonyl (C=O) groups excluding carboxylic acids is 1. The molecule has 2 atom stereocenters. The van der Waals surface area contributed by atoms with Crippen LogP contribution in [0.4, 0.5) is 0 Å². The van der Waals surface area contributed by atoms with E-state index in [1.165, 1.54) is 11.8 Å². The molecule has 1 aliphatic heterocycles. The number of nitrogens with zero attached hydrogens (tertiary/aromatic N) is 3. The van der Waals surface area contributed by atoms with E-state index >= 15 is 0 Å². The van der Waals surface area contributed by atoms with Crippen LogP contribution >= 0.6 is 11.8 Å². The van der Waals surface area contributed by atoms with Gasteiger partial charge in [0.1, 0.15) is 5.76 Å². The van der Waals surface area contributed by atoms with Gasteiger partial charge in [-0.3, -0.25) is 4.79 Å². The van der Waals surface area contributed by atoms with Crippen LogP contribution in [0.25, 0.3) is 0 Å². The monoisotopic (exact) mass is 334 g/mol. The molecule has 1 aliphatic rings. The highest BCUT2D eigenvalue weighted by molar-refractivity contribution is 7.99. The van der Waals surface area contributed by atoms with Crippen LogP contribution in [-0.2, 0) is 16.0 Å². The van der Waals surface area contributed by atoms with Gasteiger partial charge >= 0.3 is 0 Å². The fourth-order valence-corrected chi connectivity index (χ4v) is 3.08. The first kappa shape index (κ1) is 15.9. The molecule has 0 unspecified atom stereocenters. The third kappa shape index (κ3) is 4.52. The summed E-state index contributed by atoms with van der Waals surface area (Å²) in [4.78, 5) is 20.3. The molecule has 0 saturated carbocycles. The molecule has 23 heavy (non-hydrogen) atoms. The van der Waals surface area contributed by atoms with E-state index in [4.69, 9.17) is 9.26 Å². The van der Waals surface area contributed by atoms with E-state index in [1.807, 2.05) is 13.0 Å². The molecule has 8 heteroatoms. The zero-order valence-corrected chi connectivity index (χ0v) is 13.6. The zero-order chi connectivity index (χ0) is 16.1. The Kier molecular flexibility index (Phi) is 5.24. The van der Waals surface area contributed by atoms with Crippen LogP contribution in [-0.4, -0.2) is 46.0 Å². The van der Waals surface area contributed by atoms with Gasteiger partial charge in [-0.15, -0.1) is 0 Å². The summed E-state index contributed by atoms with van der Waals surface area (Å²) in [5.74, 6) is 1.26. The Labute approximate surface area is 138 Å². The Morgan fingerprint density at radius 1 is 1.39 bits per heavy atom. The molecule has 3 rings (SSSR count). The average Bonchev–Trinajstić information content (AvgIpc) is 3.16. The Bertz CT molecular complexity index is 649. The molecule has 1 fully saturated rings. The number of rotatable bonds is 6. The first-order valence-corrected chi connectivity index (χ1v) is 8.38. The molecule has 0 aliphatic carbocycles. The van der Waals surface area contributed by atoms with Crippen LogP contribution in [0.5, 0.6) is 0 Å². The van der Waals surface area contributed by atoms with Gasteiger partial charge in [0.05, 0.1) is 30.7 Å². The summed E-state index contributed by atoms with van der Waals surface area (Å²) in [6, 6.07) is 3.65. The van der Waals surface area contributed by atoms with E-state index in [0.29, 0.717) is 24.8 Å². The normalized spacial score (nSPS) is 20.6. The largest absolute Gasteiger partial charge is 0.379 e. The number of aryl methyl sites for hydroxylation is 1. The van der Waals surface area contributed by atoms with E-state index in [9.17, 15) is 4.79 Å². The quantitative estimate of drug-likeness (QED) is 0.628. The van der Waals surface area contributed by atoms with Crippen molar-refractivity contribution in [2.24, 2.45) is 5.92 Å². The van der Waals surface area contributed by atoms with Crippen molar-refractivity contribution in [1.29, 1.82) is 0 Å². The maximum absolute atomic E-state index is 12.1. The predicted octanol–water partition coefficient (Wildman–Crippen LogP) is 1.24. The van der Waals surface area contributed by atoms with Crippen LogP contribution in [0.2, 0.25) is 0 Å². The highest BCUT2D eigenvalue weighted by Crippen LogP contribution is 2.20. The average molecular weight is 334 g/mol. The van der Waals surface area contributed by atoms with Gasteiger partial charge in [-0.2, -0.15) is 0 Å². The molecular formula is C15H18N4O3S. The lowest BCUT2D eigenvalue weighted by Crippen LogP contribution is -2.41. The molecule has 1 N–H and O–H groups in total. The lowest BCUT2D eigenvalue weighted by molar-refractivity contribution is -0.119. The molecule has 2 aromatic heterocycles. The zero-order valence-electron chi connectivity index (χ0n) is 12.8. The highest BCUT2D eigenvalue weighted by atomic mass is 32.2. The molecule has 0 aromatic carbocycles. The van der Waals surface area contributed by atoms with Crippen molar-refractivity contribution in [1.82, 2.24) is 20.4 Å². The third-order valence-corrected chi connectivity index (χ3v) is 4.43. The molecule has 122 valence electrons. The van der Waals surface area contributed by atoms with Gasteiger partial charge in [0.2, 0.25) is 5.91 Å². The molecule has 3 heterocycles. The highest BCUT2D eigenvalue weighted by Gasteiger charge is 2.30. The first-order valence-electron chi connectivity index (χ1n) is 7.40.